The van der Waals surface area contributed by atoms with E-state index in [9.17, 15) is 4.79 Å². The first-order valence-electron chi connectivity index (χ1n) is 7.88. The summed E-state index contributed by atoms with van der Waals surface area (Å²) < 4.78 is 5.19. The Kier molecular flexibility index (Phi) is 5.88. The average molecular weight is 370 g/mol. The molecule has 0 bridgehead atoms. The highest BCUT2D eigenvalue weighted by molar-refractivity contribution is 8.00. The molecular formula is C18H18N4O3S. The number of hydrogen-bond donors (Lipinski definition) is 3. The molecule has 1 aromatic heterocycles. The molecule has 3 aromatic rings. The van der Waals surface area contributed by atoms with Crippen LogP contribution < -0.4 is 10.1 Å². The molecule has 0 fully saturated rings. The van der Waals surface area contributed by atoms with Gasteiger partial charge in [-0.25, -0.2) is 4.98 Å². The number of carbonyl (C=O) groups excluding carboxylic acids is 1. The van der Waals surface area contributed by atoms with E-state index >= 15 is 0 Å². The molecule has 3 rings (SSSR count). The summed E-state index contributed by atoms with van der Waals surface area (Å²) in [6.45, 7) is -0.237. The zero-order valence-electron chi connectivity index (χ0n) is 14.0. The Labute approximate surface area is 154 Å². The van der Waals surface area contributed by atoms with Gasteiger partial charge in [-0.15, -0.1) is 5.10 Å². The van der Waals surface area contributed by atoms with E-state index in [4.69, 9.17) is 9.84 Å². The first-order valence-corrected chi connectivity index (χ1v) is 8.76. The number of thioether (sulfide) groups is 1. The molecule has 26 heavy (non-hydrogen) atoms. The van der Waals surface area contributed by atoms with Crippen LogP contribution in [0.5, 0.6) is 5.75 Å². The number of aromatic amines is 1. The topological polar surface area (TPSA) is 100 Å². The summed E-state index contributed by atoms with van der Waals surface area (Å²) in [4.78, 5) is 17.1. The molecule has 1 amide bonds. The summed E-state index contributed by atoms with van der Waals surface area (Å²) in [6.07, 6.45) is 0. The standard InChI is InChI=1S/C18H18N4O3S/c1-25-14-9-5-8-13(10-14)19-17(24)16(12-6-3-2-4-7-12)26-18-20-15(11-23)21-22-18/h2-10,16,23H,11H2,1H3,(H,19,24)(H,20,21,22). The van der Waals surface area contributed by atoms with Crippen molar-refractivity contribution in [3.8, 4) is 5.75 Å². The van der Waals surface area contributed by atoms with Crippen LogP contribution in [0.15, 0.2) is 59.8 Å². The number of nitrogens with zero attached hydrogens (tertiary/aromatic N) is 2. The Hall–Kier alpha value is -2.84. The minimum Gasteiger partial charge on any atom is -0.497 e. The van der Waals surface area contributed by atoms with Crippen LogP contribution in [0.1, 0.15) is 16.6 Å². The van der Waals surface area contributed by atoms with Crippen LogP contribution in [0.4, 0.5) is 5.69 Å². The predicted octanol–water partition coefficient (Wildman–Crippen LogP) is 2.78. The van der Waals surface area contributed by atoms with Gasteiger partial charge in [0.2, 0.25) is 11.1 Å². The van der Waals surface area contributed by atoms with Crippen molar-refractivity contribution in [1.82, 2.24) is 15.2 Å². The molecule has 0 saturated carbocycles. The van der Waals surface area contributed by atoms with E-state index < -0.39 is 5.25 Å². The molecule has 0 aliphatic heterocycles. The molecule has 2 aromatic carbocycles. The van der Waals surface area contributed by atoms with Gasteiger partial charge in [0, 0.05) is 11.8 Å². The molecular weight excluding hydrogens is 352 g/mol. The van der Waals surface area contributed by atoms with Gasteiger partial charge in [-0.2, -0.15) is 0 Å². The number of methoxy groups -OCH3 is 1. The fourth-order valence-corrected chi connectivity index (χ4v) is 3.25. The van der Waals surface area contributed by atoms with Crippen molar-refractivity contribution in [3.05, 3.63) is 66.0 Å². The van der Waals surface area contributed by atoms with Crippen LogP contribution in [0, 0.1) is 0 Å². The van der Waals surface area contributed by atoms with E-state index in [2.05, 4.69) is 20.5 Å². The number of rotatable bonds is 7. The monoisotopic (exact) mass is 370 g/mol. The van der Waals surface area contributed by atoms with Crippen LogP contribution >= 0.6 is 11.8 Å². The van der Waals surface area contributed by atoms with Gasteiger partial charge in [0.1, 0.15) is 17.6 Å². The maximum atomic E-state index is 12.9. The number of aliphatic hydroxyl groups excluding tert-OH is 1. The van der Waals surface area contributed by atoms with E-state index in [1.807, 2.05) is 42.5 Å². The van der Waals surface area contributed by atoms with Crippen LogP contribution in [0.2, 0.25) is 0 Å². The van der Waals surface area contributed by atoms with Crippen LogP contribution in [0.3, 0.4) is 0 Å². The highest BCUT2D eigenvalue weighted by atomic mass is 32.2. The number of benzene rings is 2. The third kappa shape index (κ3) is 4.41. The Morgan fingerprint density at radius 3 is 2.77 bits per heavy atom. The van der Waals surface area contributed by atoms with Crippen LogP contribution in [0.25, 0.3) is 0 Å². The Bertz CT molecular complexity index is 870. The van der Waals surface area contributed by atoms with Gasteiger partial charge in [0.25, 0.3) is 0 Å². The van der Waals surface area contributed by atoms with Crippen LogP contribution in [-0.4, -0.2) is 33.3 Å². The third-order valence-corrected chi connectivity index (χ3v) is 4.68. The minimum absolute atomic E-state index is 0.204. The molecule has 1 unspecified atom stereocenters. The number of amides is 1. The van der Waals surface area contributed by atoms with Crippen molar-refractivity contribution in [2.45, 2.75) is 17.0 Å². The number of aliphatic hydroxyl groups is 1. The molecule has 134 valence electrons. The number of ether oxygens (including phenoxy) is 1. The normalized spacial score (nSPS) is 11.8. The van der Waals surface area contributed by atoms with Crippen molar-refractivity contribution in [3.63, 3.8) is 0 Å². The molecule has 0 aliphatic rings. The quantitative estimate of drug-likeness (QED) is 0.553. The molecule has 7 nitrogen and oxygen atoms in total. The second kappa shape index (κ2) is 8.50. The Morgan fingerprint density at radius 1 is 1.27 bits per heavy atom. The number of anilines is 1. The number of hydrogen-bond acceptors (Lipinski definition) is 6. The van der Waals surface area contributed by atoms with Gasteiger partial charge in [0.05, 0.1) is 7.11 Å². The van der Waals surface area contributed by atoms with Crippen LogP contribution in [-0.2, 0) is 11.4 Å². The molecule has 0 saturated heterocycles. The molecule has 0 aliphatic carbocycles. The van der Waals surface area contributed by atoms with Gasteiger partial charge in [0.15, 0.2) is 5.82 Å². The largest absolute Gasteiger partial charge is 0.497 e. The first kappa shape index (κ1) is 18.0. The second-order valence-electron chi connectivity index (χ2n) is 5.35. The van der Waals surface area contributed by atoms with E-state index in [0.29, 0.717) is 22.4 Å². The van der Waals surface area contributed by atoms with Gasteiger partial charge < -0.3 is 15.2 Å². The summed E-state index contributed by atoms with van der Waals surface area (Å²) in [5.41, 5.74) is 1.47. The fourth-order valence-electron chi connectivity index (χ4n) is 2.32. The number of nitrogens with one attached hydrogen (secondary N) is 2. The first-order chi connectivity index (χ1) is 12.7. The SMILES string of the molecule is COc1cccc(NC(=O)C(Sc2n[nH]c(CO)n2)c2ccccc2)c1. The lowest BCUT2D eigenvalue weighted by molar-refractivity contribution is -0.115. The van der Waals surface area contributed by atoms with Crippen molar-refractivity contribution in [2.24, 2.45) is 0 Å². The van der Waals surface area contributed by atoms with Gasteiger partial charge in [-0.05, 0) is 17.7 Å². The smallest absolute Gasteiger partial charge is 0.242 e. The van der Waals surface area contributed by atoms with Gasteiger partial charge >= 0.3 is 0 Å². The van der Waals surface area contributed by atoms with Gasteiger partial charge in [-0.1, -0.05) is 48.2 Å². The van der Waals surface area contributed by atoms with E-state index in [-0.39, 0.29) is 12.5 Å². The highest BCUT2D eigenvalue weighted by Crippen LogP contribution is 2.34. The van der Waals surface area contributed by atoms with E-state index in [1.54, 1.807) is 19.2 Å². The van der Waals surface area contributed by atoms with Crippen molar-refractivity contribution in [1.29, 1.82) is 0 Å². The van der Waals surface area contributed by atoms with Crippen molar-refractivity contribution in [2.75, 3.05) is 12.4 Å². The summed E-state index contributed by atoms with van der Waals surface area (Å²) in [5.74, 6) is 0.811. The zero-order valence-corrected chi connectivity index (χ0v) is 14.9. The van der Waals surface area contributed by atoms with Crippen molar-refractivity contribution < 1.29 is 14.6 Å². The fraction of sp³-hybridized carbons (Fsp3) is 0.167. The molecule has 1 heterocycles. The Morgan fingerprint density at radius 2 is 2.08 bits per heavy atom. The summed E-state index contributed by atoms with van der Waals surface area (Å²) >= 11 is 1.21. The summed E-state index contributed by atoms with van der Waals surface area (Å²) in [6, 6.07) is 16.6. The molecule has 3 N–H and O–H groups in total. The highest BCUT2D eigenvalue weighted by Gasteiger charge is 2.24. The summed E-state index contributed by atoms with van der Waals surface area (Å²) in [5, 5.41) is 18.5. The third-order valence-electron chi connectivity index (χ3n) is 3.56. The van der Waals surface area contributed by atoms with Crippen molar-refractivity contribution >= 4 is 23.4 Å². The maximum Gasteiger partial charge on any atom is 0.242 e. The lowest BCUT2D eigenvalue weighted by Gasteiger charge is -2.15. The lowest BCUT2D eigenvalue weighted by Crippen LogP contribution is -2.19. The summed E-state index contributed by atoms with van der Waals surface area (Å²) in [7, 11) is 1.57. The molecule has 0 radical (unpaired) electrons. The number of carbonyl (C=O) groups is 1. The molecule has 8 heteroatoms. The zero-order chi connectivity index (χ0) is 18.4. The lowest BCUT2D eigenvalue weighted by atomic mass is 10.1. The second-order valence-corrected chi connectivity index (χ2v) is 6.42. The molecule has 1 atom stereocenters. The number of aromatic nitrogens is 3. The van der Waals surface area contributed by atoms with E-state index in [1.165, 1.54) is 11.8 Å². The minimum atomic E-state index is -0.551. The maximum absolute atomic E-state index is 12.9. The number of H-pyrrole nitrogens is 1. The predicted molar refractivity (Wildman–Crippen MR) is 99.0 cm³/mol. The van der Waals surface area contributed by atoms with E-state index in [0.717, 1.165) is 5.56 Å². The molecule has 0 spiro atoms. The average Bonchev–Trinajstić information content (AvgIpc) is 3.14. The van der Waals surface area contributed by atoms with Gasteiger partial charge in [-0.3, -0.25) is 9.89 Å². The Balaban J connectivity index is 1.83.